The highest BCUT2D eigenvalue weighted by Crippen LogP contribution is 2.25. The van der Waals surface area contributed by atoms with Gasteiger partial charge in [-0.2, -0.15) is 5.26 Å². The molecular formula is C20H21N7O. The number of hydrogen-bond donors (Lipinski definition) is 3. The number of rotatable bonds is 5. The van der Waals surface area contributed by atoms with Crippen molar-refractivity contribution >= 4 is 28.4 Å². The molecule has 3 aromatic rings. The number of carbonyl (C=O) groups excluding carboxylic acids is 1. The summed E-state index contributed by atoms with van der Waals surface area (Å²) in [7, 11) is 0. The molecule has 1 saturated heterocycles. The highest BCUT2D eigenvalue weighted by Gasteiger charge is 2.23. The van der Waals surface area contributed by atoms with E-state index in [1.54, 1.807) is 24.5 Å². The molecule has 142 valence electrons. The second-order valence-electron chi connectivity index (χ2n) is 6.80. The van der Waals surface area contributed by atoms with E-state index >= 15 is 0 Å². The van der Waals surface area contributed by atoms with Crippen LogP contribution in [-0.4, -0.2) is 46.5 Å². The Morgan fingerprint density at radius 1 is 1.32 bits per heavy atom. The lowest BCUT2D eigenvalue weighted by atomic mass is 10.1. The van der Waals surface area contributed by atoms with Crippen LogP contribution in [0.15, 0.2) is 42.9 Å². The lowest BCUT2D eigenvalue weighted by molar-refractivity contribution is -0.120. The van der Waals surface area contributed by atoms with Gasteiger partial charge in [0.25, 0.3) is 0 Å². The predicted molar refractivity (Wildman–Crippen MR) is 107 cm³/mol. The van der Waals surface area contributed by atoms with Crippen molar-refractivity contribution in [3.63, 3.8) is 0 Å². The second kappa shape index (κ2) is 7.96. The number of benzene rings is 1. The van der Waals surface area contributed by atoms with E-state index < -0.39 is 0 Å². The third-order valence-corrected chi connectivity index (χ3v) is 4.91. The fraction of sp³-hybridized carbons (Fsp3) is 0.300. The van der Waals surface area contributed by atoms with Crippen molar-refractivity contribution in [1.29, 1.82) is 5.26 Å². The van der Waals surface area contributed by atoms with Crippen molar-refractivity contribution in [2.24, 2.45) is 0 Å². The Balaban J connectivity index is 1.37. The molecule has 1 amide bonds. The van der Waals surface area contributed by atoms with Crippen LogP contribution in [0.25, 0.3) is 11.0 Å². The number of piperidine rings is 1. The minimum Gasteiger partial charge on any atom is -0.375 e. The van der Waals surface area contributed by atoms with Crippen LogP contribution in [0.5, 0.6) is 0 Å². The van der Waals surface area contributed by atoms with Crippen LogP contribution in [0.1, 0.15) is 18.4 Å². The first-order valence-electron chi connectivity index (χ1n) is 9.30. The quantitative estimate of drug-likeness (QED) is 0.629. The van der Waals surface area contributed by atoms with E-state index in [2.05, 4.69) is 36.6 Å². The van der Waals surface area contributed by atoms with Crippen molar-refractivity contribution in [2.75, 3.05) is 29.9 Å². The zero-order valence-electron chi connectivity index (χ0n) is 15.4. The van der Waals surface area contributed by atoms with Gasteiger partial charge in [-0.15, -0.1) is 0 Å². The zero-order chi connectivity index (χ0) is 19.3. The molecule has 0 saturated carbocycles. The number of carbonyl (C=O) groups is 1. The van der Waals surface area contributed by atoms with E-state index in [0.29, 0.717) is 17.8 Å². The van der Waals surface area contributed by atoms with Gasteiger partial charge in [0, 0.05) is 25.3 Å². The molecule has 3 heterocycles. The molecule has 1 fully saturated rings. The van der Waals surface area contributed by atoms with Gasteiger partial charge in [-0.05, 0) is 31.0 Å². The van der Waals surface area contributed by atoms with Crippen LogP contribution in [-0.2, 0) is 4.79 Å². The Bertz CT molecular complexity index is 1020. The molecule has 3 N–H and O–H groups in total. The Labute approximate surface area is 162 Å². The maximum Gasteiger partial charge on any atom is 0.239 e. The number of nitriles is 1. The number of H-pyrrole nitrogens is 1. The van der Waals surface area contributed by atoms with Crippen molar-refractivity contribution < 1.29 is 4.79 Å². The third kappa shape index (κ3) is 3.74. The molecule has 0 bridgehead atoms. The largest absolute Gasteiger partial charge is 0.375 e. The minimum atomic E-state index is -0.0888. The van der Waals surface area contributed by atoms with Crippen molar-refractivity contribution in [2.45, 2.75) is 18.9 Å². The summed E-state index contributed by atoms with van der Waals surface area (Å²) in [6.07, 6.45) is 5.33. The van der Waals surface area contributed by atoms with Gasteiger partial charge >= 0.3 is 0 Å². The third-order valence-electron chi connectivity index (χ3n) is 4.91. The van der Waals surface area contributed by atoms with Gasteiger partial charge in [-0.25, -0.2) is 9.97 Å². The molecule has 1 aliphatic heterocycles. The lowest BCUT2D eigenvalue weighted by Crippen LogP contribution is -2.49. The lowest BCUT2D eigenvalue weighted by Gasteiger charge is -2.34. The number of nitrogens with one attached hydrogen (secondary N) is 3. The summed E-state index contributed by atoms with van der Waals surface area (Å²) in [6, 6.07) is 11.3. The number of anilines is 2. The molecule has 1 aliphatic rings. The van der Waals surface area contributed by atoms with E-state index in [-0.39, 0.29) is 18.5 Å². The fourth-order valence-corrected chi connectivity index (χ4v) is 3.59. The SMILES string of the molecule is N#Cc1ccccc1NCC(=O)NC1CCCN(c2ncnc3[nH]ccc23)C1. The van der Waals surface area contributed by atoms with E-state index in [9.17, 15) is 4.79 Å². The molecule has 8 heteroatoms. The first-order valence-corrected chi connectivity index (χ1v) is 9.30. The van der Waals surface area contributed by atoms with Crippen LogP contribution in [0.4, 0.5) is 11.5 Å². The Morgan fingerprint density at radius 2 is 2.21 bits per heavy atom. The molecular weight excluding hydrogens is 354 g/mol. The molecule has 4 rings (SSSR count). The number of amides is 1. The summed E-state index contributed by atoms with van der Waals surface area (Å²) in [5.74, 6) is 0.806. The molecule has 1 atom stereocenters. The number of nitrogens with zero attached hydrogens (tertiary/aromatic N) is 4. The van der Waals surface area contributed by atoms with Crippen LogP contribution >= 0.6 is 0 Å². The van der Waals surface area contributed by atoms with E-state index in [4.69, 9.17) is 5.26 Å². The number of aromatic amines is 1. The zero-order valence-corrected chi connectivity index (χ0v) is 15.4. The van der Waals surface area contributed by atoms with Crippen LogP contribution < -0.4 is 15.5 Å². The predicted octanol–water partition coefficient (Wildman–Crippen LogP) is 2.03. The molecule has 2 aromatic heterocycles. The first kappa shape index (κ1) is 17.8. The van der Waals surface area contributed by atoms with Crippen LogP contribution in [0.2, 0.25) is 0 Å². The van der Waals surface area contributed by atoms with Crippen molar-refractivity contribution in [1.82, 2.24) is 20.3 Å². The molecule has 28 heavy (non-hydrogen) atoms. The van der Waals surface area contributed by atoms with E-state index in [1.807, 2.05) is 18.3 Å². The monoisotopic (exact) mass is 375 g/mol. The summed E-state index contributed by atoms with van der Waals surface area (Å²) in [5.41, 5.74) is 2.01. The van der Waals surface area contributed by atoms with Crippen molar-refractivity contribution in [3.05, 3.63) is 48.4 Å². The Morgan fingerprint density at radius 3 is 3.11 bits per heavy atom. The first-order chi connectivity index (χ1) is 13.7. The molecule has 0 radical (unpaired) electrons. The molecule has 0 aliphatic carbocycles. The van der Waals surface area contributed by atoms with E-state index in [0.717, 1.165) is 36.2 Å². The summed E-state index contributed by atoms with van der Waals surface area (Å²) in [5, 5.41) is 16.3. The summed E-state index contributed by atoms with van der Waals surface area (Å²) >= 11 is 0. The summed E-state index contributed by atoms with van der Waals surface area (Å²) in [6.45, 7) is 1.74. The second-order valence-corrected chi connectivity index (χ2v) is 6.80. The summed E-state index contributed by atoms with van der Waals surface area (Å²) in [4.78, 5) is 26.4. The Hall–Kier alpha value is -3.60. The highest BCUT2D eigenvalue weighted by atomic mass is 16.2. The van der Waals surface area contributed by atoms with Gasteiger partial charge < -0.3 is 20.5 Å². The van der Waals surface area contributed by atoms with Gasteiger partial charge in [-0.1, -0.05) is 12.1 Å². The number of fused-ring (bicyclic) bond motifs is 1. The smallest absolute Gasteiger partial charge is 0.239 e. The maximum absolute atomic E-state index is 12.4. The molecule has 0 spiro atoms. The van der Waals surface area contributed by atoms with Gasteiger partial charge in [-0.3, -0.25) is 4.79 Å². The van der Waals surface area contributed by atoms with Gasteiger partial charge in [0.05, 0.1) is 23.2 Å². The number of para-hydroxylation sites is 1. The highest BCUT2D eigenvalue weighted by molar-refractivity contribution is 5.87. The van der Waals surface area contributed by atoms with E-state index in [1.165, 1.54) is 0 Å². The van der Waals surface area contributed by atoms with Gasteiger partial charge in [0.15, 0.2) is 0 Å². The Kier molecular flexibility index (Phi) is 5.06. The molecule has 1 unspecified atom stereocenters. The minimum absolute atomic E-state index is 0.0539. The maximum atomic E-state index is 12.4. The fourth-order valence-electron chi connectivity index (χ4n) is 3.59. The van der Waals surface area contributed by atoms with Crippen LogP contribution in [0.3, 0.4) is 0 Å². The number of hydrogen-bond acceptors (Lipinski definition) is 6. The average molecular weight is 375 g/mol. The summed E-state index contributed by atoms with van der Waals surface area (Å²) < 4.78 is 0. The average Bonchev–Trinajstić information content (AvgIpc) is 3.21. The molecule has 8 nitrogen and oxygen atoms in total. The molecule has 1 aromatic carbocycles. The standard InChI is InChI=1S/C20H21N7O/c21-10-14-4-1-2-6-17(14)23-11-18(28)26-15-5-3-9-27(12-15)20-16-7-8-22-19(16)24-13-25-20/h1-2,4,6-8,13,15,23H,3,5,9,11-12H2,(H,26,28)(H,22,24,25). The van der Waals surface area contributed by atoms with Crippen LogP contribution in [0, 0.1) is 11.3 Å². The number of aromatic nitrogens is 3. The van der Waals surface area contributed by atoms with Gasteiger partial charge in [0.2, 0.25) is 5.91 Å². The van der Waals surface area contributed by atoms with Gasteiger partial charge in [0.1, 0.15) is 23.9 Å². The van der Waals surface area contributed by atoms with Crippen molar-refractivity contribution in [3.8, 4) is 6.07 Å². The normalized spacial score (nSPS) is 16.5. The topological polar surface area (TPSA) is 110 Å².